The molecule has 1 aliphatic rings. The molecule has 5 aromatic rings. The normalized spacial score (nSPS) is 12.5. The molecule has 1 aliphatic heterocycles. The van der Waals surface area contributed by atoms with Crippen LogP contribution >= 0.6 is 0 Å². The van der Waals surface area contributed by atoms with Crippen molar-refractivity contribution in [3.8, 4) is 0 Å². The molecule has 0 unspecified atom stereocenters. The summed E-state index contributed by atoms with van der Waals surface area (Å²) in [6.45, 7) is 4.31. The summed E-state index contributed by atoms with van der Waals surface area (Å²) < 4.78 is 0. The lowest BCUT2D eigenvalue weighted by molar-refractivity contribution is 0.0609. The Bertz CT molecular complexity index is 1860. The summed E-state index contributed by atoms with van der Waals surface area (Å²) in [4.78, 5) is 57.5. The third-order valence-corrected chi connectivity index (χ3v) is 7.95. The molecule has 0 spiro atoms. The van der Waals surface area contributed by atoms with Crippen LogP contribution in [0.2, 0.25) is 0 Å². The molecule has 6 rings (SSSR count). The highest BCUT2D eigenvalue weighted by atomic mass is 16.2. The van der Waals surface area contributed by atoms with Crippen LogP contribution in [0, 0.1) is 13.8 Å². The van der Waals surface area contributed by atoms with Crippen molar-refractivity contribution < 1.29 is 19.2 Å². The average Bonchev–Trinajstić information content (AvgIpc) is 3.03. The molecule has 6 nitrogen and oxygen atoms in total. The molecule has 0 fully saturated rings. The van der Waals surface area contributed by atoms with E-state index in [-0.39, 0.29) is 36.6 Å². The van der Waals surface area contributed by atoms with Crippen molar-refractivity contribution in [3.05, 3.63) is 148 Å². The molecule has 0 bridgehead atoms. The smallest absolute Gasteiger partial charge is 0.261 e. The SMILES string of the molecule is Cc1ccc(N(CCCN2C(=O)c3cccc4cccc(c34)C2=O)C(=O)c2ccccc2C(=O)c2ccccc2)c(C)c1. The van der Waals surface area contributed by atoms with Gasteiger partial charge in [0.05, 0.1) is 5.56 Å². The van der Waals surface area contributed by atoms with Crippen LogP contribution in [0.25, 0.3) is 10.8 Å². The second kappa shape index (κ2) is 11.5. The topological polar surface area (TPSA) is 74.8 Å². The number of carbonyl (C=O) groups is 4. The average molecular weight is 567 g/mol. The van der Waals surface area contributed by atoms with Crippen molar-refractivity contribution in [1.29, 1.82) is 0 Å². The highest BCUT2D eigenvalue weighted by Crippen LogP contribution is 2.31. The van der Waals surface area contributed by atoms with Gasteiger partial charge in [-0.2, -0.15) is 0 Å². The quantitative estimate of drug-likeness (QED) is 0.149. The first-order chi connectivity index (χ1) is 20.8. The number of benzene rings is 5. The van der Waals surface area contributed by atoms with Crippen LogP contribution in [-0.2, 0) is 0 Å². The Balaban J connectivity index is 1.30. The van der Waals surface area contributed by atoms with Gasteiger partial charge in [0.2, 0.25) is 0 Å². The number of rotatable bonds is 8. The lowest BCUT2D eigenvalue weighted by atomic mass is 9.94. The molecule has 43 heavy (non-hydrogen) atoms. The monoisotopic (exact) mass is 566 g/mol. The van der Waals surface area contributed by atoms with Crippen LogP contribution in [0.4, 0.5) is 5.69 Å². The van der Waals surface area contributed by atoms with Gasteiger partial charge in [-0.25, -0.2) is 0 Å². The molecular formula is C37H30N2O4. The molecule has 0 saturated carbocycles. The maximum Gasteiger partial charge on any atom is 0.261 e. The van der Waals surface area contributed by atoms with Gasteiger partial charge in [0.1, 0.15) is 0 Å². The first-order valence-corrected chi connectivity index (χ1v) is 14.3. The van der Waals surface area contributed by atoms with Crippen molar-refractivity contribution in [2.75, 3.05) is 18.0 Å². The largest absolute Gasteiger partial charge is 0.308 e. The Hall–Kier alpha value is -5.36. The standard InChI is InChI=1S/C37H30N2O4/c1-24-19-20-32(25(2)23-24)38(35(41)29-16-7-6-15-28(29)34(40)27-11-4-3-5-12-27)21-10-22-39-36(42)30-17-8-13-26-14-9-18-31(33(26)30)37(39)43/h3-9,11-20,23H,10,21-22H2,1-2H3. The molecule has 0 N–H and O–H groups in total. The zero-order chi connectivity index (χ0) is 30.1. The van der Waals surface area contributed by atoms with Gasteiger partial charge >= 0.3 is 0 Å². The Morgan fingerprint density at radius 3 is 1.98 bits per heavy atom. The predicted octanol–water partition coefficient (Wildman–Crippen LogP) is 7.02. The van der Waals surface area contributed by atoms with Gasteiger partial charge in [0, 0.05) is 46.4 Å². The third kappa shape index (κ3) is 5.12. The first-order valence-electron chi connectivity index (χ1n) is 14.3. The van der Waals surface area contributed by atoms with Crippen molar-refractivity contribution in [2.24, 2.45) is 0 Å². The van der Waals surface area contributed by atoms with Crippen LogP contribution in [0.15, 0.2) is 109 Å². The number of imide groups is 1. The fourth-order valence-corrected chi connectivity index (χ4v) is 5.87. The molecule has 0 saturated heterocycles. The van der Waals surface area contributed by atoms with Gasteiger partial charge in [-0.15, -0.1) is 0 Å². The summed E-state index contributed by atoms with van der Waals surface area (Å²) in [6, 6.07) is 32.5. The molecule has 0 radical (unpaired) electrons. The summed E-state index contributed by atoms with van der Waals surface area (Å²) in [7, 11) is 0. The molecule has 6 heteroatoms. The third-order valence-electron chi connectivity index (χ3n) is 7.95. The van der Waals surface area contributed by atoms with Crippen LogP contribution in [0.3, 0.4) is 0 Å². The van der Waals surface area contributed by atoms with Gasteiger partial charge in [0.15, 0.2) is 5.78 Å². The molecule has 1 heterocycles. The summed E-state index contributed by atoms with van der Waals surface area (Å²) >= 11 is 0. The Labute approximate surface area is 250 Å². The van der Waals surface area contributed by atoms with Gasteiger partial charge in [-0.1, -0.05) is 90.5 Å². The van der Waals surface area contributed by atoms with E-state index in [2.05, 4.69) is 0 Å². The van der Waals surface area contributed by atoms with E-state index < -0.39 is 0 Å². The number of hydrogen-bond acceptors (Lipinski definition) is 4. The Morgan fingerprint density at radius 2 is 1.33 bits per heavy atom. The number of ketones is 1. The van der Waals surface area contributed by atoms with Crippen molar-refractivity contribution in [3.63, 3.8) is 0 Å². The number of anilines is 1. The highest BCUT2D eigenvalue weighted by Gasteiger charge is 2.33. The van der Waals surface area contributed by atoms with E-state index in [0.717, 1.165) is 16.5 Å². The van der Waals surface area contributed by atoms with Crippen LogP contribution in [0.5, 0.6) is 0 Å². The molecule has 212 valence electrons. The van der Waals surface area contributed by atoms with E-state index in [1.54, 1.807) is 65.6 Å². The second-order valence-electron chi connectivity index (χ2n) is 10.8. The molecule has 3 amide bonds. The molecule has 0 atom stereocenters. The number of aryl methyl sites for hydroxylation is 2. The van der Waals surface area contributed by atoms with Crippen LogP contribution in [0.1, 0.15) is 64.5 Å². The van der Waals surface area contributed by atoms with Crippen LogP contribution < -0.4 is 4.90 Å². The molecular weight excluding hydrogens is 536 g/mol. The molecule has 0 aromatic heterocycles. The van der Waals surface area contributed by atoms with Crippen molar-refractivity contribution >= 4 is 40.0 Å². The van der Waals surface area contributed by atoms with E-state index in [9.17, 15) is 19.2 Å². The fourth-order valence-electron chi connectivity index (χ4n) is 5.87. The summed E-state index contributed by atoms with van der Waals surface area (Å²) in [5.41, 5.74) is 4.80. The lowest BCUT2D eigenvalue weighted by Gasteiger charge is -2.29. The zero-order valence-corrected chi connectivity index (χ0v) is 24.0. The van der Waals surface area contributed by atoms with E-state index in [1.165, 1.54) is 4.90 Å². The maximum absolute atomic E-state index is 14.3. The van der Waals surface area contributed by atoms with E-state index in [1.807, 2.05) is 62.4 Å². The predicted molar refractivity (Wildman–Crippen MR) is 168 cm³/mol. The van der Waals surface area contributed by atoms with Crippen LogP contribution in [-0.4, -0.2) is 41.5 Å². The summed E-state index contributed by atoms with van der Waals surface area (Å²) in [5, 5.41) is 1.54. The van der Waals surface area contributed by atoms with E-state index in [0.29, 0.717) is 45.3 Å². The zero-order valence-electron chi connectivity index (χ0n) is 24.0. The van der Waals surface area contributed by atoms with Crippen molar-refractivity contribution in [1.82, 2.24) is 4.90 Å². The van der Waals surface area contributed by atoms with E-state index >= 15 is 0 Å². The number of amides is 3. The Kier molecular flexibility index (Phi) is 7.43. The minimum absolute atomic E-state index is 0.141. The lowest BCUT2D eigenvalue weighted by Crippen LogP contribution is -2.42. The van der Waals surface area contributed by atoms with E-state index in [4.69, 9.17) is 0 Å². The summed E-state index contributed by atoms with van der Waals surface area (Å²) in [6.07, 6.45) is 0.351. The maximum atomic E-state index is 14.3. The fraction of sp³-hybridized carbons (Fsp3) is 0.135. The first kappa shape index (κ1) is 27.8. The van der Waals surface area contributed by atoms with Crippen molar-refractivity contribution in [2.45, 2.75) is 20.3 Å². The van der Waals surface area contributed by atoms with Gasteiger partial charge in [-0.05, 0) is 55.5 Å². The molecule has 0 aliphatic carbocycles. The number of nitrogens with zero attached hydrogens (tertiary/aromatic N) is 2. The van der Waals surface area contributed by atoms with Gasteiger partial charge < -0.3 is 4.90 Å². The minimum atomic E-state index is -0.336. The summed E-state index contributed by atoms with van der Waals surface area (Å²) in [5.74, 6) is -1.23. The highest BCUT2D eigenvalue weighted by molar-refractivity contribution is 6.25. The van der Waals surface area contributed by atoms with Gasteiger partial charge in [-0.3, -0.25) is 24.1 Å². The van der Waals surface area contributed by atoms with Gasteiger partial charge in [0.25, 0.3) is 17.7 Å². The molecule has 5 aromatic carbocycles. The minimum Gasteiger partial charge on any atom is -0.308 e. The Morgan fingerprint density at radius 1 is 0.698 bits per heavy atom. The number of carbonyl (C=O) groups excluding carboxylic acids is 4. The number of hydrogen-bond donors (Lipinski definition) is 0. The second-order valence-corrected chi connectivity index (χ2v) is 10.8.